The van der Waals surface area contributed by atoms with E-state index in [9.17, 15) is 0 Å². The molecule has 2 nitrogen and oxygen atoms in total. The van der Waals surface area contributed by atoms with Gasteiger partial charge in [0.25, 0.3) is 0 Å². The predicted octanol–water partition coefficient (Wildman–Crippen LogP) is 3.21. The van der Waals surface area contributed by atoms with Gasteiger partial charge in [0.15, 0.2) is 0 Å². The summed E-state index contributed by atoms with van der Waals surface area (Å²) in [6, 6.07) is 8.51. The summed E-state index contributed by atoms with van der Waals surface area (Å²) in [5, 5.41) is 4.13. The average molecular weight is 205 g/mol. The zero-order valence-corrected chi connectivity index (χ0v) is 10.0. The Morgan fingerprint density at radius 2 is 1.67 bits per heavy atom. The maximum atomic E-state index is 4.13. The van der Waals surface area contributed by atoms with E-state index < -0.39 is 0 Å². The SMILES string of the molecule is CCN(CC)CCc1ccc([N-]C)cc1. The minimum Gasteiger partial charge on any atom is -0.687 e. The van der Waals surface area contributed by atoms with Gasteiger partial charge in [-0.05, 0) is 25.1 Å². The van der Waals surface area contributed by atoms with Crippen LogP contribution in [0.2, 0.25) is 0 Å². The van der Waals surface area contributed by atoms with Crippen molar-refractivity contribution < 1.29 is 0 Å². The third-order valence-corrected chi connectivity index (χ3v) is 2.81. The fourth-order valence-corrected chi connectivity index (χ4v) is 1.64. The van der Waals surface area contributed by atoms with E-state index in [1.165, 1.54) is 5.56 Å². The average Bonchev–Trinajstić information content (AvgIpc) is 2.31. The Kier molecular flexibility index (Phi) is 5.19. The Hall–Kier alpha value is -1.02. The summed E-state index contributed by atoms with van der Waals surface area (Å²) in [6.45, 7) is 7.85. The van der Waals surface area contributed by atoms with Crippen molar-refractivity contribution in [3.8, 4) is 0 Å². The van der Waals surface area contributed by atoms with Crippen molar-refractivity contribution in [2.75, 3.05) is 26.7 Å². The van der Waals surface area contributed by atoms with Crippen molar-refractivity contribution in [2.45, 2.75) is 20.3 Å². The molecular weight excluding hydrogens is 184 g/mol. The highest BCUT2D eigenvalue weighted by Crippen LogP contribution is 2.16. The van der Waals surface area contributed by atoms with Gasteiger partial charge in [-0.25, -0.2) is 0 Å². The van der Waals surface area contributed by atoms with Crippen LogP contribution in [0.3, 0.4) is 0 Å². The molecule has 0 aliphatic heterocycles. The first-order chi connectivity index (χ1) is 7.30. The van der Waals surface area contributed by atoms with Crippen LogP contribution in [0.1, 0.15) is 19.4 Å². The number of likely N-dealkylation sites (N-methyl/N-ethyl adjacent to an activating group) is 1. The number of hydrogen-bond donors (Lipinski definition) is 0. The fraction of sp³-hybridized carbons (Fsp3) is 0.538. The summed E-state index contributed by atoms with van der Waals surface area (Å²) >= 11 is 0. The molecule has 0 bridgehead atoms. The largest absolute Gasteiger partial charge is 0.687 e. The molecule has 0 fully saturated rings. The van der Waals surface area contributed by atoms with Crippen LogP contribution < -0.4 is 0 Å². The van der Waals surface area contributed by atoms with Gasteiger partial charge in [-0.3, -0.25) is 0 Å². The monoisotopic (exact) mass is 205 g/mol. The van der Waals surface area contributed by atoms with Crippen molar-refractivity contribution in [1.82, 2.24) is 4.90 Å². The van der Waals surface area contributed by atoms with Crippen molar-refractivity contribution in [3.05, 3.63) is 35.1 Å². The molecule has 2 heteroatoms. The fourth-order valence-electron chi connectivity index (χ4n) is 1.64. The predicted molar refractivity (Wildman–Crippen MR) is 66.9 cm³/mol. The second kappa shape index (κ2) is 6.46. The first-order valence-corrected chi connectivity index (χ1v) is 5.71. The molecule has 0 amide bonds. The zero-order chi connectivity index (χ0) is 11.1. The van der Waals surface area contributed by atoms with E-state index in [2.05, 4.69) is 48.3 Å². The van der Waals surface area contributed by atoms with Gasteiger partial charge in [0.1, 0.15) is 0 Å². The summed E-state index contributed by atoms with van der Waals surface area (Å²) in [7, 11) is 1.82. The van der Waals surface area contributed by atoms with Crippen LogP contribution >= 0.6 is 0 Å². The molecule has 0 atom stereocenters. The van der Waals surface area contributed by atoms with E-state index in [1.807, 2.05) is 7.05 Å². The molecule has 0 unspecified atom stereocenters. The number of hydrogen-bond acceptors (Lipinski definition) is 1. The van der Waals surface area contributed by atoms with Gasteiger partial charge in [0, 0.05) is 6.54 Å². The molecule has 0 saturated carbocycles. The zero-order valence-electron chi connectivity index (χ0n) is 10.0. The summed E-state index contributed by atoms with van der Waals surface area (Å²) in [5.41, 5.74) is 2.45. The molecule has 0 saturated heterocycles. The lowest BCUT2D eigenvalue weighted by atomic mass is 10.1. The summed E-state index contributed by atoms with van der Waals surface area (Å²) < 4.78 is 0. The second-order valence-electron chi connectivity index (χ2n) is 3.67. The quantitative estimate of drug-likeness (QED) is 0.697. The van der Waals surface area contributed by atoms with Crippen LogP contribution in [0.5, 0.6) is 0 Å². The lowest BCUT2D eigenvalue weighted by Crippen LogP contribution is -2.25. The van der Waals surface area contributed by atoms with E-state index >= 15 is 0 Å². The highest BCUT2D eigenvalue weighted by molar-refractivity contribution is 5.48. The Morgan fingerprint density at radius 1 is 1.07 bits per heavy atom. The standard InChI is InChI=1S/C13H21N2/c1-4-15(5-2)11-10-12-6-8-13(14-3)9-7-12/h6-9H,4-5,10-11H2,1-3H3/q-1. The molecule has 0 heterocycles. The third kappa shape index (κ3) is 3.92. The molecule has 0 spiro atoms. The molecule has 0 aromatic heterocycles. The summed E-state index contributed by atoms with van der Waals surface area (Å²) in [6.07, 6.45) is 1.13. The van der Waals surface area contributed by atoms with Gasteiger partial charge in [0.05, 0.1) is 0 Å². The summed E-state index contributed by atoms with van der Waals surface area (Å²) in [5.74, 6) is 0. The molecule has 15 heavy (non-hydrogen) atoms. The first-order valence-electron chi connectivity index (χ1n) is 5.71. The third-order valence-electron chi connectivity index (χ3n) is 2.81. The topological polar surface area (TPSA) is 17.3 Å². The van der Waals surface area contributed by atoms with E-state index in [4.69, 9.17) is 0 Å². The van der Waals surface area contributed by atoms with Crippen LogP contribution in [0.15, 0.2) is 24.3 Å². The smallest absolute Gasteiger partial charge is 0.00216 e. The lowest BCUT2D eigenvalue weighted by Gasteiger charge is -2.18. The van der Waals surface area contributed by atoms with Crippen molar-refractivity contribution in [3.63, 3.8) is 0 Å². The van der Waals surface area contributed by atoms with Crippen LogP contribution in [0.25, 0.3) is 5.32 Å². The molecular formula is C13H21N2-. The molecule has 1 aromatic rings. The Labute approximate surface area is 93.3 Å². The number of rotatable bonds is 6. The van der Waals surface area contributed by atoms with Gasteiger partial charge in [-0.15, -0.1) is 12.7 Å². The van der Waals surface area contributed by atoms with Crippen molar-refractivity contribution in [2.24, 2.45) is 0 Å². The van der Waals surface area contributed by atoms with Crippen LogP contribution in [-0.4, -0.2) is 31.6 Å². The maximum absolute atomic E-state index is 4.13. The normalized spacial score (nSPS) is 10.7. The Balaban J connectivity index is 2.43. The van der Waals surface area contributed by atoms with E-state index in [0.717, 1.165) is 31.7 Å². The summed E-state index contributed by atoms with van der Waals surface area (Å²) in [4.78, 5) is 2.44. The highest BCUT2D eigenvalue weighted by Gasteiger charge is 1.98. The van der Waals surface area contributed by atoms with Gasteiger partial charge in [-0.1, -0.05) is 38.1 Å². The van der Waals surface area contributed by atoms with Crippen molar-refractivity contribution >= 4 is 5.69 Å². The maximum Gasteiger partial charge on any atom is 0.00216 e. The van der Waals surface area contributed by atoms with E-state index in [1.54, 1.807) is 0 Å². The van der Waals surface area contributed by atoms with Crippen molar-refractivity contribution in [1.29, 1.82) is 0 Å². The molecule has 1 aromatic carbocycles. The lowest BCUT2D eigenvalue weighted by molar-refractivity contribution is 0.308. The van der Waals surface area contributed by atoms with E-state index in [0.29, 0.717) is 0 Å². The number of benzene rings is 1. The minimum atomic E-state index is 1.06. The molecule has 0 aliphatic rings. The Bertz CT molecular complexity index is 262. The molecule has 0 radical (unpaired) electrons. The highest BCUT2D eigenvalue weighted by atomic mass is 15.1. The van der Waals surface area contributed by atoms with Crippen LogP contribution in [0, 0.1) is 0 Å². The molecule has 0 aliphatic carbocycles. The van der Waals surface area contributed by atoms with Gasteiger partial charge in [0.2, 0.25) is 0 Å². The molecule has 1 rings (SSSR count). The van der Waals surface area contributed by atoms with Gasteiger partial charge < -0.3 is 10.2 Å². The van der Waals surface area contributed by atoms with Crippen LogP contribution in [-0.2, 0) is 6.42 Å². The van der Waals surface area contributed by atoms with Gasteiger partial charge >= 0.3 is 0 Å². The number of nitrogens with zero attached hydrogens (tertiary/aromatic N) is 2. The molecule has 0 N–H and O–H groups in total. The minimum absolute atomic E-state index is 1.06. The van der Waals surface area contributed by atoms with E-state index in [-0.39, 0.29) is 0 Å². The van der Waals surface area contributed by atoms with Gasteiger partial charge in [-0.2, -0.15) is 0 Å². The molecule has 84 valence electrons. The second-order valence-corrected chi connectivity index (χ2v) is 3.67. The van der Waals surface area contributed by atoms with Crippen LogP contribution in [0.4, 0.5) is 5.69 Å². The Morgan fingerprint density at radius 3 is 2.13 bits per heavy atom. The first kappa shape index (κ1) is 12.1.